The van der Waals surface area contributed by atoms with Crippen molar-refractivity contribution in [3.8, 4) is 22.0 Å². The molecule has 6 heterocycles. The van der Waals surface area contributed by atoms with Gasteiger partial charge < -0.3 is 15.6 Å². The van der Waals surface area contributed by atoms with Crippen molar-refractivity contribution >= 4 is 52.0 Å². The zero-order valence-electron chi connectivity index (χ0n) is 24.6. The zero-order valence-corrected chi connectivity index (χ0v) is 25.4. The summed E-state index contributed by atoms with van der Waals surface area (Å²) in [5.74, 6) is 1.31. The second-order valence-electron chi connectivity index (χ2n) is 11.2. The maximum absolute atomic E-state index is 4.74. The Morgan fingerprint density at radius 2 is 1.98 bits per heavy atom. The van der Waals surface area contributed by atoms with Gasteiger partial charge in [-0.1, -0.05) is 25.8 Å². The minimum atomic E-state index is 0.626. The lowest BCUT2D eigenvalue weighted by Crippen LogP contribution is -2.28. The maximum atomic E-state index is 4.74. The van der Waals surface area contributed by atoms with E-state index in [-0.39, 0.29) is 0 Å². The first-order chi connectivity index (χ1) is 20.9. The fraction of sp³-hybridized carbons (Fsp3) is 0.235. The Kier molecular flexibility index (Phi) is 8.18. The molecule has 6 rings (SSSR count). The number of nitrogens with zero attached hydrogens (tertiary/aromatic N) is 4. The Morgan fingerprint density at radius 1 is 1.14 bits per heavy atom. The second kappa shape index (κ2) is 12.3. The summed E-state index contributed by atoms with van der Waals surface area (Å²) in [5.41, 5.74) is 8.35. The lowest BCUT2D eigenvalue weighted by molar-refractivity contribution is 0.373. The third-order valence-electron chi connectivity index (χ3n) is 7.82. The fourth-order valence-corrected chi connectivity index (χ4v) is 6.33. The van der Waals surface area contributed by atoms with Gasteiger partial charge in [0.05, 0.1) is 22.8 Å². The molecule has 0 radical (unpaired) electrons. The highest BCUT2D eigenvalue weighted by Crippen LogP contribution is 2.34. The molecular formula is C34H36N8S. The molecule has 43 heavy (non-hydrogen) atoms. The predicted molar refractivity (Wildman–Crippen MR) is 180 cm³/mol. The third kappa shape index (κ3) is 6.28. The van der Waals surface area contributed by atoms with Gasteiger partial charge in [-0.05, 0) is 99.2 Å². The van der Waals surface area contributed by atoms with Crippen LogP contribution < -0.4 is 21.2 Å². The van der Waals surface area contributed by atoms with Gasteiger partial charge in [-0.3, -0.25) is 10.1 Å². The average molecular weight is 589 g/mol. The Hall–Kier alpha value is -4.60. The number of aromatic amines is 2. The summed E-state index contributed by atoms with van der Waals surface area (Å²) in [6, 6.07) is 8.32. The number of hydrogen-bond donors (Lipinski definition) is 4. The molecular weight excluding hydrogens is 552 g/mol. The van der Waals surface area contributed by atoms with Gasteiger partial charge in [0.25, 0.3) is 0 Å². The number of imidazole rings is 1. The molecule has 1 aliphatic rings. The molecule has 5 aromatic heterocycles. The van der Waals surface area contributed by atoms with E-state index in [4.69, 9.17) is 4.98 Å². The molecule has 1 aliphatic heterocycles. The van der Waals surface area contributed by atoms with Crippen LogP contribution in [0.3, 0.4) is 0 Å². The first kappa shape index (κ1) is 28.5. The van der Waals surface area contributed by atoms with Crippen LogP contribution in [0.1, 0.15) is 43.6 Å². The first-order valence-electron chi connectivity index (χ1n) is 14.5. The van der Waals surface area contributed by atoms with Gasteiger partial charge in [0.15, 0.2) is 11.5 Å². The minimum absolute atomic E-state index is 0.626. The Morgan fingerprint density at radius 3 is 2.77 bits per heavy atom. The summed E-state index contributed by atoms with van der Waals surface area (Å²) >= 11 is 1.70. The number of fused-ring (bicyclic) bond motifs is 1. The van der Waals surface area contributed by atoms with E-state index in [0.717, 1.165) is 79.0 Å². The fourth-order valence-electron chi connectivity index (χ4n) is 5.37. The van der Waals surface area contributed by atoms with Crippen LogP contribution in [0.2, 0.25) is 0 Å². The van der Waals surface area contributed by atoms with Crippen LogP contribution in [0.25, 0.3) is 56.9 Å². The molecule has 0 unspecified atom stereocenters. The van der Waals surface area contributed by atoms with Crippen molar-refractivity contribution in [1.29, 1.82) is 0 Å². The number of allylic oxidation sites excluding steroid dienone is 4. The molecule has 5 aromatic rings. The summed E-state index contributed by atoms with van der Waals surface area (Å²) in [5, 5.41) is 16.1. The molecule has 0 saturated carbocycles. The summed E-state index contributed by atoms with van der Waals surface area (Å²) in [6.45, 7) is 18.9. The molecule has 1 saturated heterocycles. The summed E-state index contributed by atoms with van der Waals surface area (Å²) in [6.07, 6.45) is 12.9. The molecule has 0 amide bonds. The van der Waals surface area contributed by atoms with E-state index in [9.17, 15) is 0 Å². The maximum Gasteiger partial charge on any atom is 0.178 e. The van der Waals surface area contributed by atoms with Crippen LogP contribution in [0.5, 0.6) is 0 Å². The van der Waals surface area contributed by atoms with Crippen LogP contribution in [0.15, 0.2) is 67.8 Å². The van der Waals surface area contributed by atoms with Gasteiger partial charge in [-0.15, -0.1) is 11.3 Å². The largest absolute Gasteiger partial charge is 0.358 e. The number of rotatable bonds is 9. The second-order valence-corrected chi connectivity index (χ2v) is 12.2. The van der Waals surface area contributed by atoms with Crippen LogP contribution in [-0.2, 0) is 0 Å². The predicted octanol–water partition coefficient (Wildman–Crippen LogP) is 6.11. The Balaban J connectivity index is 1.21. The van der Waals surface area contributed by atoms with Gasteiger partial charge in [-0.25, -0.2) is 9.97 Å². The summed E-state index contributed by atoms with van der Waals surface area (Å²) in [7, 11) is 0. The van der Waals surface area contributed by atoms with Gasteiger partial charge in [0.1, 0.15) is 5.69 Å². The van der Waals surface area contributed by atoms with Crippen LogP contribution in [-0.4, -0.2) is 43.2 Å². The lowest BCUT2D eigenvalue weighted by atomic mass is 9.93. The molecule has 1 fully saturated rings. The first-order valence-corrected chi connectivity index (χ1v) is 15.3. The van der Waals surface area contributed by atoms with Crippen molar-refractivity contribution < 1.29 is 0 Å². The molecule has 9 heteroatoms. The van der Waals surface area contributed by atoms with Gasteiger partial charge in [0, 0.05) is 38.6 Å². The van der Waals surface area contributed by atoms with E-state index in [1.807, 2.05) is 37.5 Å². The smallest absolute Gasteiger partial charge is 0.178 e. The van der Waals surface area contributed by atoms with Gasteiger partial charge in [-0.2, -0.15) is 5.10 Å². The topological polar surface area (TPSA) is 107 Å². The molecule has 218 valence electrons. The van der Waals surface area contributed by atoms with Crippen molar-refractivity contribution in [2.24, 2.45) is 5.92 Å². The number of piperidine rings is 1. The van der Waals surface area contributed by atoms with E-state index in [2.05, 4.69) is 80.6 Å². The van der Waals surface area contributed by atoms with E-state index in [0.29, 0.717) is 23.1 Å². The minimum Gasteiger partial charge on any atom is -0.358 e. The standard InChI is InChI=1S/C34H36N8S/c1-20(2)29-8-9-30(43-29)27-12-15-37-33-32(27)39-34(40-33)31-23(5)28(41-42-31)7-6-21(3)25-17-26(19-36-18-25)38-22(4)16-24-10-13-35-14-11-24/h6-9,12,15,17-19,24,35,38,41H,1,4-5,10-11,13-14,16H2,2-3H3,(H,37,39,40)/b21-6+,28-7+. The Bertz CT molecular complexity index is 1950. The van der Waals surface area contributed by atoms with Crippen molar-refractivity contribution in [1.82, 2.24) is 35.5 Å². The van der Waals surface area contributed by atoms with Gasteiger partial charge in [0.2, 0.25) is 0 Å². The van der Waals surface area contributed by atoms with Crippen LogP contribution >= 0.6 is 11.3 Å². The van der Waals surface area contributed by atoms with Crippen molar-refractivity contribution in [2.45, 2.75) is 33.1 Å². The average Bonchev–Trinajstić information content (AvgIpc) is 3.75. The number of nitrogens with one attached hydrogen (secondary N) is 4. The quantitative estimate of drug-likeness (QED) is 0.165. The van der Waals surface area contributed by atoms with Crippen molar-refractivity contribution in [2.75, 3.05) is 18.4 Å². The monoisotopic (exact) mass is 588 g/mol. The number of pyridine rings is 2. The van der Waals surface area contributed by atoms with E-state index in [1.54, 1.807) is 17.5 Å². The molecule has 0 spiro atoms. The highest BCUT2D eigenvalue weighted by molar-refractivity contribution is 7.16. The number of anilines is 1. The number of hydrogen-bond acceptors (Lipinski definition) is 7. The Labute approximate surface area is 255 Å². The molecule has 0 bridgehead atoms. The third-order valence-corrected chi connectivity index (χ3v) is 9.10. The van der Waals surface area contributed by atoms with Crippen LogP contribution in [0.4, 0.5) is 5.69 Å². The van der Waals surface area contributed by atoms with Crippen molar-refractivity contribution in [3.05, 3.63) is 88.8 Å². The van der Waals surface area contributed by atoms with Gasteiger partial charge >= 0.3 is 0 Å². The number of aromatic nitrogens is 6. The molecule has 0 atom stereocenters. The van der Waals surface area contributed by atoms with Crippen LogP contribution in [0, 0.1) is 5.92 Å². The molecule has 0 aromatic carbocycles. The molecule has 8 nitrogen and oxygen atoms in total. The number of thiophene rings is 1. The highest BCUT2D eigenvalue weighted by Gasteiger charge is 2.16. The van der Waals surface area contributed by atoms with Crippen molar-refractivity contribution in [3.63, 3.8) is 0 Å². The number of H-pyrrole nitrogens is 2. The lowest BCUT2D eigenvalue weighted by Gasteiger charge is -2.23. The highest BCUT2D eigenvalue weighted by atomic mass is 32.1. The normalized spacial score (nSPS) is 14.8. The molecule has 0 aliphatic carbocycles. The van der Waals surface area contributed by atoms with E-state index < -0.39 is 0 Å². The summed E-state index contributed by atoms with van der Waals surface area (Å²) < 4.78 is 0. The van der Waals surface area contributed by atoms with E-state index >= 15 is 0 Å². The summed E-state index contributed by atoms with van der Waals surface area (Å²) in [4.78, 5) is 19.4. The van der Waals surface area contributed by atoms with E-state index in [1.165, 1.54) is 12.8 Å². The molecule has 4 N–H and O–H groups in total. The SMILES string of the molecule is C=C(CC1CCNCC1)Nc1cncc(/C(C)=C/C=c2/[nH]nc(-c3nc4nccc(-c5ccc(C(=C)C)s5)c4[nH]3)c2=C)c1. The zero-order chi connectivity index (χ0) is 29.9.